The van der Waals surface area contributed by atoms with Crippen molar-refractivity contribution in [2.24, 2.45) is 10.3 Å². The molecule has 140 valence electrons. The Kier molecular flexibility index (Phi) is 3.26. The van der Waals surface area contributed by atoms with Gasteiger partial charge in [0.25, 0.3) is 11.8 Å². The normalized spacial score (nSPS) is 30.9. The monoisotopic (exact) mass is 373 g/mol. The maximum Gasteiger partial charge on any atom is 0.276 e. The van der Waals surface area contributed by atoms with Crippen LogP contribution in [0.25, 0.3) is 0 Å². The third-order valence-electron chi connectivity index (χ3n) is 6.41. The predicted molar refractivity (Wildman–Crippen MR) is 102 cm³/mol. The molecule has 4 heterocycles. The summed E-state index contributed by atoms with van der Waals surface area (Å²) in [6.07, 6.45) is 2.90. The zero-order valence-electron chi connectivity index (χ0n) is 15.2. The lowest BCUT2D eigenvalue weighted by Crippen LogP contribution is -2.56. The first-order valence-electron chi connectivity index (χ1n) is 9.77. The zero-order chi connectivity index (χ0) is 18.8. The van der Waals surface area contributed by atoms with Crippen molar-refractivity contribution in [1.82, 2.24) is 10.0 Å². The first-order valence-corrected chi connectivity index (χ1v) is 9.77. The van der Waals surface area contributed by atoms with Crippen LogP contribution in [0.3, 0.4) is 0 Å². The van der Waals surface area contributed by atoms with Crippen molar-refractivity contribution < 1.29 is 9.59 Å². The molecule has 4 aliphatic heterocycles. The van der Waals surface area contributed by atoms with Gasteiger partial charge in [0, 0.05) is 0 Å². The van der Waals surface area contributed by atoms with E-state index in [1.54, 1.807) is 24.3 Å². The molecule has 0 N–H and O–H groups in total. The number of carbonyl (C=O) groups excluding carboxylic acids is 2. The van der Waals surface area contributed by atoms with Crippen LogP contribution >= 0.6 is 0 Å². The van der Waals surface area contributed by atoms with E-state index in [1.165, 1.54) is 5.01 Å². The molecule has 7 heteroatoms. The summed E-state index contributed by atoms with van der Waals surface area (Å²) in [6, 6.07) is 17.1. The molecule has 2 amide bonds. The van der Waals surface area contributed by atoms with Gasteiger partial charge in [-0.1, -0.05) is 42.0 Å². The highest BCUT2D eigenvalue weighted by molar-refractivity contribution is 6.21. The molecule has 6 rings (SSSR count). The minimum Gasteiger partial charge on any atom is -0.267 e. The number of carbonyl (C=O) groups is 2. The Balaban J connectivity index is 1.40. The fraction of sp³-hybridized carbons (Fsp3) is 0.333. The van der Waals surface area contributed by atoms with Crippen molar-refractivity contribution in [3.8, 4) is 0 Å². The summed E-state index contributed by atoms with van der Waals surface area (Å²) in [4.78, 5) is 26.2. The fourth-order valence-electron chi connectivity index (χ4n) is 5.27. The lowest BCUT2D eigenvalue weighted by molar-refractivity contribution is -0.0434. The van der Waals surface area contributed by atoms with Gasteiger partial charge in [0.2, 0.25) is 0 Å². The van der Waals surface area contributed by atoms with Crippen LogP contribution in [0.5, 0.6) is 0 Å². The van der Waals surface area contributed by atoms with Crippen LogP contribution in [0.4, 0.5) is 5.69 Å². The average Bonchev–Trinajstić information content (AvgIpc) is 3.32. The number of imide groups is 1. The van der Waals surface area contributed by atoms with E-state index in [9.17, 15) is 9.59 Å². The van der Waals surface area contributed by atoms with Crippen molar-refractivity contribution in [3.63, 3.8) is 0 Å². The number of anilines is 1. The molecule has 4 aliphatic rings. The number of benzene rings is 2. The maximum absolute atomic E-state index is 13.1. The van der Waals surface area contributed by atoms with Gasteiger partial charge in [-0.05, 0) is 37.1 Å². The van der Waals surface area contributed by atoms with E-state index in [1.807, 2.05) is 40.3 Å². The maximum atomic E-state index is 13.1. The van der Waals surface area contributed by atoms with Crippen molar-refractivity contribution in [2.75, 3.05) is 5.01 Å². The van der Waals surface area contributed by atoms with Crippen LogP contribution in [0, 0.1) is 0 Å². The molecule has 0 radical (unpaired) electrons. The van der Waals surface area contributed by atoms with Crippen molar-refractivity contribution in [3.05, 3.63) is 65.7 Å². The fourth-order valence-corrected chi connectivity index (χ4v) is 5.27. The minimum absolute atomic E-state index is 0.0171. The van der Waals surface area contributed by atoms with Gasteiger partial charge in [-0.25, -0.2) is 15.0 Å². The van der Waals surface area contributed by atoms with Gasteiger partial charge in [-0.3, -0.25) is 9.59 Å². The number of para-hydroxylation sites is 1. The van der Waals surface area contributed by atoms with E-state index >= 15 is 0 Å². The molecule has 0 saturated carbocycles. The number of hydrogen-bond donors (Lipinski definition) is 0. The topological polar surface area (TPSA) is 68.6 Å². The Labute approximate surface area is 162 Å². The second-order valence-corrected chi connectivity index (χ2v) is 7.78. The lowest BCUT2D eigenvalue weighted by Gasteiger charge is -2.40. The number of fused-ring (bicyclic) bond motifs is 6. The smallest absolute Gasteiger partial charge is 0.267 e. The quantitative estimate of drug-likeness (QED) is 0.759. The summed E-state index contributed by atoms with van der Waals surface area (Å²) in [5, 5.41) is 14.4. The first-order chi connectivity index (χ1) is 13.8. The number of hydrazine groups is 1. The van der Waals surface area contributed by atoms with E-state index in [2.05, 4.69) is 10.3 Å². The van der Waals surface area contributed by atoms with E-state index in [4.69, 9.17) is 0 Å². The van der Waals surface area contributed by atoms with Crippen molar-refractivity contribution in [2.45, 2.75) is 43.4 Å². The van der Waals surface area contributed by atoms with E-state index < -0.39 is 0 Å². The van der Waals surface area contributed by atoms with Crippen LogP contribution in [-0.2, 0) is 0 Å². The molecule has 2 fully saturated rings. The van der Waals surface area contributed by atoms with Crippen LogP contribution < -0.4 is 5.01 Å². The molecule has 0 unspecified atom stereocenters. The van der Waals surface area contributed by atoms with Crippen LogP contribution in [0.1, 0.15) is 40.0 Å². The molecule has 0 aliphatic carbocycles. The summed E-state index contributed by atoms with van der Waals surface area (Å²) >= 11 is 0. The van der Waals surface area contributed by atoms with Crippen LogP contribution in [-0.4, -0.2) is 46.0 Å². The molecule has 0 aromatic heterocycles. The van der Waals surface area contributed by atoms with Crippen molar-refractivity contribution in [1.29, 1.82) is 0 Å². The molecule has 28 heavy (non-hydrogen) atoms. The van der Waals surface area contributed by atoms with Gasteiger partial charge in [-0.2, -0.15) is 5.11 Å². The molecule has 7 nitrogen and oxygen atoms in total. The Bertz CT molecular complexity index is 972. The summed E-state index contributed by atoms with van der Waals surface area (Å²) < 4.78 is 0. The highest BCUT2D eigenvalue weighted by Gasteiger charge is 2.60. The van der Waals surface area contributed by atoms with E-state index in [0.717, 1.165) is 24.9 Å². The molecular formula is C21H19N5O2. The van der Waals surface area contributed by atoms with Crippen LogP contribution in [0.2, 0.25) is 0 Å². The number of piperidine rings is 1. The minimum atomic E-state index is -0.222. The number of hydrogen-bond acceptors (Lipinski definition) is 6. The number of rotatable bonds is 2. The summed E-state index contributed by atoms with van der Waals surface area (Å²) in [5.41, 5.74) is 1.97. The molecule has 0 spiro atoms. The second-order valence-electron chi connectivity index (χ2n) is 7.78. The molecule has 2 saturated heterocycles. The summed E-state index contributed by atoms with van der Waals surface area (Å²) in [7, 11) is 0. The standard InChI is InChI=1S/C21H19N5O2/c27-20-14-9-4-5-10-15(14)21(28)26(20)25-16-11-6-12-17(25)19-18(16)22-23-24(19)13-7-2-1-3-8-13/h1-5,7-10,16-19H,6,11-12H2/t16-,17+,18-,19+/m0/s1. The number of amides is 2. The van der Waals surface area contributed by atoms with E-state index in [0.29, 0.717) is 11.1 Å². The second kappa shape index (κ2) is 5.72. The largest absolute Gasteiger partial charge is 0.276 e. The summed E-state index contributed by atoms with van der Waals surface area (Å²) in [6.45, 7) is 0. The highest BCUT2D eigenvalue weighted by Crippen LogP contribution is 2.46. The Morgan fingerprint density at radius 3 is 2.18 bits per heavy atom. The Morgan fingerprint density at radius 2 is 1.46 bits per heavy atom. The first kappa shape index (κ1) is 15.9. The molecule has 2 aromatic carbocycles. The molecule has 4 atom stereocenters. The van der Waals surface area contributed by atoms with Crippen molar-refractivity contribution >= 4 is 17.5 Å². The highest BCUT2D eigenvalue weighted by atomic mass is 16.2. The summed E-state index contributed by atoms with van der Waals surface area (Å²) in [5.74, 6) is -0.443. The van der Waals surface area contributed by atoms with Gasteiger partial charge in [0.15, 0.2) is 0 Å². The molecule has 2 aromatic rings. The van der Waals surface area contributed by atoms with Crippen LogP contribution in [0.15, 0.2) is 64.9 Å². The SMILES string of the molecule is O=C1c2ccccc2C(=O)N1N1[C@@H]2CCC[C@H]1[C@@H]1N=NN(c3ccccc3)[C@@H]12. The number of nitrogens with zero attached hydrogens (tertiary/aromatic N) is 5. The molecule has 2 bridgehead atoms. The Morgan fingerprint density at radius 1 is 0.821 bits per heavy atom. The van der Waals surface area contributed by atoms with Gasteiger partial charge >= 0.3 is 0 Å². The van der Waals surface area contributed by atoms with Gasteiger partial charge in [-0.15, -0.1) is 0 Å². The Hall–Kier alpha value is -3.06. The third-order valence-corrected chi connectivity index (χ3v) is 6.41. The average molecular weight is 373 g/mol. The molecular weight excluding hydrogens is 354 g/mol. The zero-order valence-corrected chi connectivity index (χ0v) is 15.2. The lowest BCUT2D eigenvalue weighted by atomic mass is 10.0. The van der Waals surface area contributed by atoms with Gasteiger partial charge < -0.3 is 0 Å². The predicted octanol–water partition coefficient (Wildman–Crippen LogP) is 3.06. The third kappa shape index (κ3) is 1.97. The van der Waals surface area contributed by atoms with E-state index in [-0.39, 0.29) is 36.0 Å². The van der Waals surface area contributed by atoms with Gasteiger partial charge in [0.1, 0.15) is 6.04 Å². The van der Waals surface area contributed by atoms with Gasteiger partial charge in [0.05, 0.1) is 34.9 Å².